The number of unbranched alkanes of at least 4 members (excludes halogenated alkanes) is 1. The van der Waals surface area contributed by atoms with Crippen molar-refractivity contribution in [1.82, 2.24) is 0 Å². The van der Waals surface area contributed by atoms with E-state index in [1.54, 1.807) is 13.8 Å². The second-order valence-corrected chi connectivity index (χ2v) is 11.9. The first-order chi connectivity index (χ1) is 14.7. The Hall–Kier alpha value is -0.980. The highest BCUT2D eigenvalue weighted by Gasteiger charge is 2.43. The molecular formula is C23H39O6PS. The maximum atomic E-state index is 12.8. The van der Waals surface area contributed by atoms with Gasteiger partial charge < -0.3 is 9.05 Å². The van der Waals surface area contributed by atoms with Crippen molar-refractivity contribution >= 4 is 17.7 Å². The maximum Gasteiger partial charge on any atom is 0.351 e. The van der Waals surface area contributed by atoms with Gasteiger partial charge in [-0.3, -0.25) is 9.12 Å². The average molecular weight is 475 g/mol. The Morgan fingerprint density at radius 1 is 1.03 bits per heavy atom. The molecule has 6 nitrogen and oxygen atoms in total. The van der Waals surface area contributed by atoms with E-state index in [0.29, 0.717) is 12.8 Å². The van der Waals surface area contributed by atoms with E-state index in [1.807, 2.05) is 0 Å². The van der Waals surface area contributed by atoms with Crippen LogP contribution in [0.4, 0.5) is 0 Å². The van der Waals surface area contributed by atoms with Crippen molar-refractivity contribution in [1.29, 1.82) is 0 Å². The number of allylic oxidation sites excluding steroid dienone is 2. The summed E-state index contributed by atoms with van der Waals surface area (Å²) in [6, 6.07) is 8.82. The van der Waals surface area contributed by atoms with E-state index < -0.39 is 22.7 Å². The summed E-state index contributed by atoms with van der Waals surface area (Å²) in [5.41, 5.74) is 3.96. The fraction of sp³-hybridized carbons (Fsp3) is 0.652. The minimum absolute atomic E-state index is 0.0179. The van der Waals surface area contributed by atoms with Crippen molar-refractivity contribution in [3.63, 3.8) is 0 Å². The van der Waals surface area contributed by atoms with E-state index in [2.05, 4.69) is 44.2 Å². The number of hydrogen-bond acceptors (Lipinski definition) is 5. The van der Waals surface area contributed by atoms with Crippen molar-refractivity contribution in [2.24, 2.45) is 0 Å². The molecule has 1 atom stereocenters. The monoisotopic (exact) mass is 474 g/mol. The van der Waals surface area contributed by atoms with Crippen molar-refractivity contribution < 1.29 is 26.6 Å². The van der Waals surface area contributed by atoms with Crippen LogP contribution in [-0.4, -0.2) is 31.2 Å². The van der Waals surface area contributed by atoms with Gasteiger partial charge in [0.2, 0.25) is 0 Å². The molecule has 1 aromatic carbocycles. The van der Waals surface area contributed by atoms with E-state index in [1.165, 1.54) is 16.7 Å². The lowest BCUT2D eigenvalue weighted by Crippen LogP contribution is -2.23. The number of benzene rings is 1. The van der Waals surface area contributed by atoms with Gasteiger partial charge in [-0.05, 0) is 76.8 Å². The van der Waals surface area contributed by atoms with Crippen molar-refractivity contribution in [3.8, 4) is 0 Å². The van der Waals surface area contributed by atoms with Gasteiger partial charge in [-0.25, -0.2) is 0 Å². The molecule has 8 heteroatoms. The zero-order valence-corrected chi connectivity index (χ0v) is 21.1. The zero-order chi connectivity index (χ0) is 23.3. The van der Waals surface area contributed by atoms with Crippen molar-refractivity contribution in [2.75, 3.05) is 13.2 Å². The molecule has 0 saturated heterocycles. The molecule has 0 saturated carbocycles. The molecule has 1 rings (SSSR count). The first-order valence-corrected chi connectivity index (χ1v) is 14.4. The van der Waals surface area contributed by atoms with Crippen LogP contribution in [0.15, 0.2) is 35.9 Å². The van der Waals surface area contributed by atoms with E-state index in [9.17, 15) is 17.5 Å². The Bertz CT molecular complexity index is 807. The summed E-state index contributed by atoms with van der Waals surface area (Å²) in [5.74, 6) is 0. The van der Waals surface area contributed by atoms with Gasteiger partial charge in [0, 0.05) is 0 Å². The number of rotatable bonds is 16. The van der Waals surface area contributed by atoms with Crippen LogP contribution in [0, 0.1) is 0 Å². The topological polar surface area (TPSA) is 89.9 Å². The van der Waals surface area contributed by atoms with Gasteiger partial charge in [0.1, 0.15) is 0 Å². The SMILES string of the molecule is CCCc1ccc(CCCC(C)=CCCCC(P(=O)(OCC)OCC)S(=O)(=O)O)cc1. The molecule has 0 aromatic heterocycles. The number of hydrogen-bond donors (Lipinski definition) is 1. The molecule has 1 N–H and O–H groups in total. The number of aryl methyl sites for hydroxylation is 2. The smallest absolute Gasteiger partial charge is 0.308 e. The van der Waals surface area contributed by atoms with Gasteiger partial charge in [0.15, 0.2) is 4.99 Å². The minimum atomic E-state index is -4.55. The van der Waals surface area contributed by atoms with E-state index in [-0.39, 0.29) is 19.6 Å². The standard InChI is InChI=1S/C23H39O6PS/c1-5-11-21-16-18-22(19-17-21)14-10-13-20(4)12-8-9-15-23(31(25,26)27)30(24,28-6-2)29-7-3/h12,16-19,23H,5-11,13-15H2,1-4H3,(H,25,26,27). The average Bonchev–Trinajstić information content (AvgIpc) is 2.68. The summed E-state index contributed by atoms with van der Waals surface area (Å²) in [4.78, 5) is -1.55. The molecule has 0 aliphatic rings. The molecule has 0 radical (unpaired) electrons. The van der Waals surface area contributed by atoms with E-state index in [0.717, 1.165) is 32.1 Å². The third-order valence-corrected chi connectivity index (χ3v) is 9.76. The molecule has 0 aliphatic heterocycles. The summed E-state index contributed by atoms with van der Waals surface area (Å²) in [6.45, 7) is 7.56. The van der Waals surface area contributed by atoms with Crippen molar-refractivity contribution in [3.05, 3.63) is 47.0 Å². The van der Waals surface area contributed by atoms with Crippen LogP contribution in [-0.2, 0) is 36.6 Å². The summed E-state index contributed by atoms with van der Waals surface area (Å²) in [6.07, 6.45) is 8.51. The van der Waals surface area contributed by atoms with Crippen LogP contribution < -0.4 is 0 Å². The van der Waals surface area contributed by atoms with Crippen LogP contribution >= 0.6 is 7.60 Å². The molecular weight excluding hydrogens is 435 g/mol. The zero-order valence-electron chi connectivity index (χ0n) is 19.4. The fourth-order valence-corrected chi connectivity index (χ4v) is 7.27. The predicted molar refractivity (Wildman–Crippen MR) is 127 cm³/mol. The first kappa shape index (κ1) is 28.1. The third-order valence-electron chi connectivity index (χ3n) is 5.06. The van der Waals surface area contributed by atoms with E-state index in [4.69, 9.17) is 9.05 Å². The fourth-order valence-electron chi connectivity index (χ4n) is 3.51. The van der Waals surface area contributed by atoms with Gasteiger partial charge in [-0.1, -0.05) is 49.3 Å². The quantitative estimate of drug-likeness (QED) is 0.126. The van der Waals surface area contributed by atoms with E-state index >= 15 is 0 Å². The highest BCUT2D eigenvalue weighted by Crippen LogP contribution is 2.56. The Labute approximate surface area is 188 Å². The van der Waals surface area contributed by atoms with Crippen LogP contribution in [0.25, 0.3) is 0 Å². The third kappa shape index (κ3) is 10.5. The molecule has 31 heavy (non-hydrogen) atoms. The lowest BCUT2D eigenvalue weighted by Gasteiger charge is -2.23. The predicted octanol–water partition coefficient (Wildman–Crippen LogP) is 6.56. The van der Waals surface area contributed by atoms with Gasteiger partial charge in [0.25, 0.3) is 10.1 Å². The molecule has 1 aromatic rings. The molecule has 178 valence electrons. The molecule has 0 bridgehead atoms. The lowest BCUT2D eigenvalue weighted by atomic mass is 10.0. The van der Waals surface area contributed by atoms with Crippen LogP contribution in [0.2, 0.25) is 0 Å². The molecule has 1 unspecified atom stereocenters. The van der Waals surface area contributed by atoms with Crippen molar-refractivity contribution in [2.45, 2.75) is 84.1 Å². The summed E-state index contributed by atoms with van der Waals surface area (Å²) >= 11 is 0. The summed E-state index contributed by atoms with van der Waals surface area (Å²) in [5, 5.41) is 0. The van der Waals surface area contributed by atoms with Gasteiger partial charge in [-0.15, -0.1) is 0 Å². The highest BCUT2D eigenvalue weighted by atomic mass is 32.2. The summed E-state index contributed by atoms with van der Waals surface area (Å²) < 4.78 is 56.3. The van der Waals surface area contributed by atoms with Gasteiger partial charge in [-0.2, -0.15) is 8.42 Å². The minimum Gasteiger partial charge on any atom is -0.308 e. The molecule has 0 amide bonds. The maximum absolute atomic E-state index is 12.8. The highest BCUT2D eigenvalue weighted by molar-refractivity contribution is 7.94. The van der Waals surface area contributed by atoms with Gasteiger partial charge in [0.05, 0.1) is 13.2 Å². The van der Waals surface area contributed by atoms with Crippen LogP contribution in [0.5, 0.6) is 0 Å². The van der Waals surface area contributed by atoms with Crippen LogP contribution in [0.3, 0.4) is 0 Å². The molecule has 0 aliphatic carbocycles. The largest absolute Gasteiger partial charge is 0.351 e. The lowest BCUT2D eigenvalue weighted by molar-refractivity contribution is 0.215. The molecule has 0 heterocycles. The second-order valence-electron chi connectivity index (χ2n) is 7.75. The Kier molecular flexibility index (Phi) is 12.9. The Morgan fingerprint density at radius 2 is 1.58 bits per heavy atom. The Morgan fingerprint density at radius 3 is 2.06 bits per heavy atom. The second kappa shape index (κ2) is 14.2. The van der Waals surface area contributed by atoms with Crippen LogP contribution in [0.1, 0.15) is 77.3 Å². The first-order valence-electron chi connectivity index (χ1n) is 11.2. The van der Waals surface area contributed by atoms with Gasteiger partial charge >= 0.3 is 7.60 Å². The molecule has 0 fully saturated rings. The summed E-state index contributed by atoms with van der Waals surface area (Å²) in [7, 11) is -8.49. The normalized spacial score (nSPS) is 14.0. The Balaban J connectivity index is 2.52. The molecule has 0 spiro atoms.